The summed E-state index contributed by atoms with van der Waals surface area (Å²) in [6, 6.07) is 21.0. The topological polar surface area (TPSA) is 17.8 Å². The van der Waals surface area contributed by atoms with Gasteiger partial charge in [-0.2, -0.15) is 0 Å². The van der Waals surface area contributed by atoms with Gasteiger partial charge in [-0.15, -0.1) is 0 Å². The molecule has 1 unspecified atom stereocenters. The summed E-state index contributed by atoms with van der Waals surface area (Å²) in [5.74, 6) is 0. The molecule has 94 valence electrons. The normalized spacial score (nSPS) is 12.3. The predicted molar refractivity (Wildman–Crippen MR) is 77.9 cm³/mol. The third-order valence-corrected chi connectivity index (χ3v) is 3.40. The monoisotopic (exact) mass is 248 g/mol. The Kier molecular flexibility index (Phi) is 3.15. The van der Waals surface area contributed by atoms with Crippen LogP contribution in [0, 0.1) is 0 Å². The molecule has 2 nitrogen and oxygen atoms in total. The maximum Gasteiger partial charge on any atom is 0.0959 e. The summed E-state index contributed by atoms with van der Waals surface area (Å²) >= 11 is 0. The van der Waals surface area contributed by atoms with Crippen molar-refractivity contribution >= 4 is 0 Å². The third-order valence-electron chi connectivity index (χ3n) is 3.40. The zero-order chi connectivity index (χ0) is 13.1. The number of rotatable bonds is 3. The van der Waals surface area contributed by atoms with Gasteiger partial charge in [0.2, 0.25) is 0 Å². The summed E-state index contributed by atoms with van der Waals surface area (Å²) in [6.45, 7) is 2.19. The lowest BCUT2D eigenvalue weighted by Gasteiger charge is -2.12. The Bertz CT molecular complexity index is 641. The molecule has 0 aliphatic heterocycles. The highest BCUT2D eigenvalue weighted by atomic mass is 15.1. The van der Waals surface area contributed by atoms with E-state index in [0.29, 0.717) is 6.04 Å². The zero-order valence-corrected chi connectivity index (χ0v) is 10.9. The van der Waals surface area contributed by atoms with Gasteiger partial charge in [-0.25, -0.2) is 4.98 Å². The van der Waals surface area contributed by atoms with E-state index >= 15 is 0 Å². The molecule has 0 spiro atoms. The lowest BCUT2D eigenvalue weighted by Crippen LogP contribution is -2.03. The number of hydrogen-bond acceptors (Lipinski definition) is 1. The van der Waals surface area contributed by atoms with Gasteiger partial charge < -0.3 is 4.57 Å². The van der Waals surface area contributed by atoms with Crippen LogP contribution in [0.2, 0.25) is 0 Å². The Morgan fingerprint density at radius 2 is 1.53 bits per heavy atom. The van der Waals surface area contributed by atoms with Crippen LogP contribution in [0.5, 0.6) is 0 Å². The standard InChI is InChI=1S/C17H16N2/c1-14(15-8-4-2-5-9-15)19-12-17(18-13-19)16-10-6-3-7-11-16/h2-14H,1H3. The molecule has 2 aromatic carbocycles. The molecule has 0 saturated heterocycles. The summed E-state index contributed by atoms with van der Waals surface area (Å²) in [5.41, 5.74) is 3.46. The fourth-order valence-electron chi connectivity index (χ4n) is 2.21. The second-order valence-corrected chi connectivity index (χ2v) is 4.66. The molecule has 0 aliphatic rings. The van der Waals surface area contributed by atoms with Crippen molar-refractivity contribution in [2.24, 2.45) is 0 Å². The lowest BCUT2D eigenvalue weighted by atomic mass is 10.1. The Morgan fingerprint density at radius 3 is 2.21 bits per heavy atom. The zero-order valence-electron chi connectivity index (χ0n) is 10.9. The van der Waals surface area contributed by atoms with E-state index in [1.165, 1.54) is 5.56 Å². The molecule has 0 radical (unpaired) electrons. The quantitative estimate of drug-likeness (QED) is 0.680. The highest BCUT2D eigenvalue weighted by molar-refractivity contribution is 5.57. The van der Waals surface area contributed by atoms with E-state index in [0.717, 1.165) is 11.3 Å². The Hall–Kier alpha value is -2.35. The fraction of sp³-hybridized carbons (Fsp3) is 0.118. The number of hydrogen-bond donors (Lipinski definition) is 0. The molecule has 0 N–H and O–H groups in total. The molecule has 1 atom stereocenters. The number of aromatic nitrogens is 2. The van der Waals surface area contributed by atoms with Crippen LogP contribution >= 0.6 is 0 Å². The largest absolute Gasteiger partial charge is 0.330 e. The van der Waals surface area contributed by atoms with Crippen LogP contribution in [0.4, 0.5) is 0 Å². The van der Waals surface area contributed by atoms with Crippen molar-refractivity contribution in [1.29, 1.82) is 0 Å². The summed E-state index contributed by atoms with van der Waals surface area (Å²) in [7, 11) is 0. The SMILES string of the molecule is CC(c1ccccc1)n1cnc(-c2ccccc2)c1. The minimum absolute atomic E-state index is 0.297. The molecule has 0 fully saturated rings. The third kappa shape index (κ3) is 2.43. The maximum atomic E-state index is 4.50. The van der Waals surface area contributed by atoms with Crippen molar-refractivity contribution < 1.29 is 0 Å². The van der Waals surface area contributed by atoms with E-state index in [9.17, 15) is 0 Å². The second-order valence-electron chi connectivity index (χ2n) is 4.66. The van der Waals surface area contributed by atoms with E-state index < -0.39 is 0 Å². The molecule has 2 heteroatoms. The number of benzene rings is 2. The van der Waals surface area contributed by atoms with Crippen molar-refractivity contribution in [1.82, 2.24) is 9.55 Å². The summed E-state index contributed by atoms with van der Waals surface area (Å²) in [6.07, 6.45) is 4.01. The molecule has 3 aromatic rings. The highest BCUT2D eigenvalue weighted by Crippen LogP contribution is 2.21. The Balaban J connectivity index is 1.90. The van der Waals surface area contributed by atoms with Crippen molar-refractivity contribution in [2.75, 3.05) is 0 Å². The molecule has 1 heterocycles. The van der Waals surface area contributed by atoms with Crippen LogP contribution in [-0.4, -0.2) is 9.55 Å². The molecular formula is C17H16N2. The van der Waals surface area contributed by atoms with Gasteiger partial charge in [0, 0.05) is 11.8 Å². The van der Waals surface area contributed by atoms with E-state index in [1.807, 2.05) is 30.6 Å². The first-order valence-electron chi connectivity index (χ1n) is 6.48. The first kappa shape index (κ1) is 11.7. The van der Waals surface area contributed by atoms with Gasteiger partial charge in [0.05, 0.1) is 18.1 Å². The average Bonchev–Trinajstić information content (AvgIpc) is 2.98. The molecule has 0 aliphatic carbocycles. The summed E-state index contributed by atoms with van der Waals surface area (Å²) < 4.78 is 2.15. The van der Waals surface area contributed by atoms with Gasteiger partial charge in [0.1, 0.15) is 0 Å². The minimum Gasteiger partial charge on any atom is -0.330 e. The van der Waals surface area contributed by atoms with Crippen molar-refractivity contribution in [3.05, 3.63) is 78.8 Å². The van der Waals surface area contributed by atoms with E-state index in [4.69, 9.17) is 0 Å². The van der Waals surface area contributed by atoms with Crippen LogP contribution in [0.25, 0.3) is 11.3 Å². The first-order valence-corrected chi connectivity index (χ1v) is 6.48. The first-order chi connectivity index (χ1) is 9.34. The second kappa shape index (κ2) is 5.11. The van der Waals surface area contributed by atoms with Gasteiger partial charge >= 0.3 is 0 Å². The van der Waals surface area contributed by atoms with Crippen molar-refractivity contribution in [2.45, 2.75) is 13.0 Å². The smallest absolute Gasteiger partial charge is 0.0959 e. The van der Waals surface area contributed by atoms with E-state index in [-0.39, 0.29) is 0 Å². The fourth-order valence-corrected chi connectivity index (χ4v) is 2.21. The summed E-state index contributed by atoms with van der Waals surface area (Å²) in [4.78, 5) is 4.50. The Morgan fingerprint density at radius 1 is 0.895 bits per heavy atom. The van der Waals surface area contributed by atoms with Crippen LogP contribution in [-0.2, 0) is 0 Å². The molecule has 0 bridgehead atoms. The molecular weight excluding hydrogens is 232 g/mol. The van der Waals surface area contributed by atoms with E-state index in [1.54, 1.807) is 0 Å². The van der Waals surface area contributed by atoms with Gasteiger partial charge in [-0.3, -0.25) is 0 Å². The number of imidazole rings is 1. The summed E-state index contributed by atoms with van der Waals surface area (Å²) in [5, 5.41) is 0. The Labute approximate surface area is 113 Å². The van der Waals surface area contributed by atoms with E-state index in [2.05, 4.69) is 59.1 Å². The molecule has 1 aromatic heterocycles. The molecule has 0 saturated carbocycles. The molecule has 19 heavy (non-hydrogen) atoms. The van der Waals surface area contributed by atoms with Gasteiger partial charge in [0.15, 0.2) is 0 Å². The number of nitrogens with zero attached hydrogens (tertiary/aromatic N) is 2. The maximum absolute atomic E-state index is 4.50. The van der Waals surface area contributed by atoms with Gasteiger partial charge in [-0.1, -0.05) is 60.7 Å². The van der Waals surface area contributed by atoms with Crippen LogP contribution in [0.1, 0.15) is 18.5 Å². The van der Waals surface area contributed by atoms with Crippen LogP contribution in [0.3, 0.4) is 0 Å². The molecule has 3 rings (SSSR count). The average molecular weight is 248 g/mol. The minimum atomic E-state index is 0.297. The van der Waals surface area contributed by atoms with Crippen LogP contribution < -0.4 is 0 Å². The molecule has 0 amide bonds. The highest BCUT2D eigenvalue weighted by Gasteiger charge is 2.08. The van der Waals surface area contributed by atoms with Crippen LogP contribution in [0.15, 0.2) is 73.2 Å². The van der Waals surface area contributed by atoms with Gasteiger partial charge in [-0.05, 0) is 12.5 Å². The lowest BCUT2D eigenvalue weighted by molar-refractivity contribution is 0.638. The predicted octanol–water partition coefficient (Wildman–Crippen LogP) is 4.16. The van der Waals surface area contributed by atoms with Crippen molar-refractivity contribution in [3.63, 3.8) is 0 Å². The van der Waals surface area contributed by atoms with Crippen molar-refractivity contribution in [3.8, 4) is 11.3 Å². The van der Waals surface area contributed by atoms with Gasteiger partial charge in [0.25, 0.3) is 0 Å².